The number of hydrogen-bond donors (Lipinski definition) is 1. The zero-order valence-corrected chi connectivity index (χ0v) is 8.45. The highest BCUT2D eigenvalue weighted by Crippen LogP contribution is 1.98. The van der Waals surface area contributed by atoms with Crippen molar-refractivity contribution in [2.45, 2.75) is 19.8 Å². The van der Waals surface area contributed by atoms with Crippen LogP contribution in [0.15, 0.2) is 0 Å². The number of halogens is 1. The van der Waals surface area contributed by atoms with Crippen LogP contribution in [-0.4, -0.2) is 28.3 Å². The first-order chi connectivity index (χ1) is 5.54. The summed E-state index contributed by atoms with van der Waals surface area (Å²) in [7, 11) is -0.0983. The zero-order valence-electron chi connectivity index (χ0n) is 7.63. The molecule has 0 radical (unpaired) electrons. The van der Waals surface area contributed by atoms with E-state index in [1.165, 1.54) is 0 Å². The molecule has 76 valence electrons. The molecule has 0 aromatic carbocycles. The number of rotatable bonds is 4. The third-order valence-corrected chi connectivity index (χ3v) is 1.82. The van der Waals surface area contributed by atoms with E-state index in [1.54, 1.807) is 0 Å². The average Bonchev–Trinajstić information content (AvgIpc) is 2.03. The minimum atomic E-state index is -3.85. The maximum atomic E-state index is 11.0. The highest BCUT2D eigenvalue weighted by Gasteiger charge is 2.08. The molecule has 0 aromatic rings. The number of hydrogen-bond acceptors (Lipinski definition) is 4. The van der Waals surface area contributed by atoms with Gasteiger partial charge in [-0.1, -0.05) is 17.7 Å². The highest BCUT2D eigenvalue weighted by molar-refractivity contribution is 7.86. The first kappa shape index (κ1) is 14.3. The highest BCUT2D eigenvalue weighted by atomic mass is 32.2. The number of nitrogens with one attached hydrogen (secondary N) is 1. The SMILES string of the molecule is CCCCS(=O)(=O)OF.CNC. The summed E-state index contributed by atoms with van der Waals surface area (Å²) in [5, 5.41) is 2.75. The zero-order chi connectivity index (χ0) is 10.0. The lowest BCUT2D eigenvalue weighted by molar-refractivity contribution is 0.00290. The Morgan fingerprint density at radius 3 is 2.08 bits per heavy atom. The van der Waals surface area contributed by atoms with Gasteiger partial charge in [0.1, 0.15) is 0 Å². The van der Waals surface area contributed by atoms with E-state index in [9.17, 15) is 12.9 Å². The van der Waals surface area contributed by atoms with Crippen molar-refractivity contribution in [1.82, 2.24) is 5.32 Å². The molecule has 0 saturated heterocycles. The Labute approximate surface area is 73.1 Å². The molecular formula is C6H16FNO3S. The first-order valence-electron chi connectivity index (χ1n) is 3.65. The standard InChI is InChI=1S/C4H9FO3S.C2H7N/c1-2-3-4-9(6,7)8-5;1-3-2/h2-4H2,1H3;3H,1-2H3. The van der Waals surface area contributed by atoms with Crippen molar-refractivity contribution in [3.05, 3.63) is 0 Å². The summed E-state index contributed by atoms with van der Waals surface area (Å²) in [6, 6.07) is 0. The van der Waals surface area contributed by atoms with Gasteiger partial charge in [0.2, 0.25) is 0 Å². The molecular weight excluding hydrogens is 185 g/mol. The Bertz CT molecular complexity index is 170. The van der Waals surface area contributed by atoms with Crippen LogP contribution < -0.4 is 5.32 Å². The van der Waals surface area contributed by atoms with E-state index in [0.717, 1.165) is 0 Å². The van der Waals surface area contributed by atoms with Crippen molar-refractivity contribution in [1.29, 1.82) is 0 Å². The van der Waals surface area contributed by atoms with Crippen LogP contribution in [0, 0.1) is 0 Å². The molecule has 0 spiro atoms. The maximum absolute atomic E-state index is 11.0. The quantitative estimate of drug-likeness (QED) is 0.732. The third-order valence-electron chi connectivity index (χ3n) is 0.844. The molecule has 0 amide bonds. The average molecular weight is 201 g/mol. The van der Waals surface area contributed by atoms with Crippen LogP contribution in [0.2, 0.25) is 0 Å². The molecule has 0 bridgehead atoms. The van der Waals surface area contributed by atoms with Gasteiger partial charge in [-0.2, -0.15) is 8.42 Å². The predicted molar refractivity (Wildman–Crippen MR) is 45.9 cm³/mol. The lowest BCUT2D eigenvalue weighted by Crippen LogP contribution is -2.04. The van der Waals surface area contributed by atoms with Gasteiger partial charge in [0.15, 0.2) is 0 Å². The van der Waals surface area contributed by atoms with Gasteiger partial charge in [-0.25, -0.2) is 0 Å². The van der Waals surface area contributed by atoms with E-state index in [0.29, 0.717) is 12.8 Å². The maximum Gasteiger partial charge on any atom is 0.297 e. The second-order valence-electron chi connectivity index (χ2n) is 2.18. The van der Waals surface area contributed by atoms with Gasteiger partial charge in [0.05, 0.1) is 5.75 Å². The Kier molecular flexibility index (Phi) is 10.6. The lowest BCUT2D eigenvalue weighted by Gasteiger charge is -1.92. The summed E-state index contributed by atoms with van der Waals surface area (Å²) in [5.74, 6) is -0.236. The van der Waals surface area contributed by atoms with Crippen molar-refractivity contribution in [2.24, 2.45) is 0 Å². The van der Waals surface area contributed by atoms with Crippen LogP contribution in [0.4, 0.5) is 4.53 Å². The summed E-state index contributed by atoms with van der Waals surface area (Å²) in [4.78, 5) is 0. The van der Waals surface area contributed by atoms with Crippen LogP contribution in [-0.2, 0) is 14.5 Å². The van der Waals surface area contributed by atoms with Gasteiger partial charge in [-0.3, -0.25) is 0 Å². The second kappa shape index (κ2) is 8.89. The monoisotopic (exact) mass is 201 g/mol. The van der Waals surface area contributed by atoms with E-state index < -0.39 is 10.1 Å². The van der Waals surface area contributed by atoms with Crippen molar-refractivity contribution >= 4 is 10.1 Å². The fourth-order valence-corrected chi connectivity index (χ4v) is 1.06. The normalized spacial score (nSPS) is 10.3. The molecule has 6 heteroatoms. The van der Waals surface area contributed by atoms with E-state index in [1.807, 2.05) is 21.0 Å². The summed E-state index contributed by atoms with van der Waals surface area (Å²) in [6.45, 7) is 1.81. The molecule has 0 fully saturated rings. The van der Waals surface area contributed by atoms with Crippen molar-refractivity contribution < 1.29 is 17.3 Å². The van der Waals surface area contributed by atoms with Crippen molar-refractivity contribution in [3.8, 4) is 0 Å². The summed E-state index contributed by atoms with van der Waals surface area (Å²) >= 11 is 0. The summed E-state index contributed by atoms with van der Waals surface area (Å²) in [5.41, 5.74) is 0. The van der Waals surface area contributed by atoms with Crippen LogP contribution in [0.25, 0.3) is 0 Å². The molecule has 0 aliphatic heterocycles. The smallest absolute Gasteiger partial charge is 0.297 e. The Morgan fingerprint density at radius 2 is 1.83 bits per heavy atom. The molecule has 0 aliphatic carbocycles. The fraction of sp³-hybridized carbons (Fsp3) is 1.00. The van der Waals surface area contributed by atoms with Gasteiger partial charge < -0.3 is 5.32 Å². The first-order valence-corrected chi connectivity index (χ1v) is 5.23. The predicted octanol–water partition coefficient (Wildman–Crippen LogP) is 0.853. The molecule has 12 heavy (non-hydrogen) atoms. The molecule has 0 rings (SSSR count). The fourth-order valence-electron chi connectivity index (χ4n) is 0.353. The topological polar surface area (TPSA) is 55.4 Å². The Hall–Kier alpha value is -0.200. The van der Waals surface area contributed by atoms with Crippen LogP contribution in [0.5, 0.6) is 0 Å². The van der Waals surface area contributed by atoms with Gasteiger partial charge in [-0.15, -0.1) is 0 Å². The van der Waals surface area contributed by atoms with Gasteiger partial charge in [0, 0.05) is 0 Å². The molecule has 0 atom stereocenters. The summed E-state index contributed by atoms with van der Waals surface area (Å²) < 4.78 is 34.0. The van der Waals surface area contributed by atoms with Crippen molar-refractivity contribution in [2.75, 3.05) is 19.8 Å². The lowest BCUT2D eigenvalue weighted by atomic mass is 10.4. The van der Waals surface area contributed by atoms with E-state index >= 15 is 0 Å². The van der Waals surface area contributed by atoms with Crippen LogP contribution in [0.3, 0.4) is 0 Å². The van der Waals surface area contributed by atoms with Gasteiger partial charge in [0.25, 0.3) is 10.1 Å². The molecule has 0 aromatic heterocycles. The molecule has 0 heterocycles. The van der Waals surface area contributed by atoms with E-state index in [2.05, 4.69) is 9.70 Å². The Morgan fingerprint density at radius 1 is 1.42 bits per heavy atom. The molecule has 0 unspecified atom stereocenters. The molecule has 0 saturated carbocycles. The molecule has 1 N–H and O–H groups in total. The van der Waals surface area contributed by atoms with Crippen LogP contribution in [0.1, 0.15) is 19.8 Å². The van der Waals surface area contributed by atoms with Gasteiger partial charge in [-0.05, 0) is 25.0 Å². The minimum Gasteiger partial charge on any atom is -0.323 e. The van der Waals surface area contributed by atoms with E-state index in [4.69, 9.17) is 0 Å². The summed E-state index contributed by atoms with van der Waals surface area (Å²) in [6.07, 6.45) is 1.15. The van der Waals surface area contributed by atoms with Crippen molar-refractivity contribution in [3.63, 3.8) is 0 Å². The second-order valence-corrected chi connectivity index (χ2v) is 3.83. The number of unbranched alkanes of at least 4 members (excludes halogenated alkanes) is 1. The Balaban J connectivity index is 0. The van der Waals surface area contributed by atoms with E-state index in [-0.39, 0.29) is 5.75 Å². The third kappa shape index (κ3) is 12.5. The molecule has 4 nitrogen and oxygen atoms in total. The van der Waals surface area contributed by atoms with Crippen LogP contribution >= 0.6 is 0 Å². The largest absolute Gasteiger partial charge is 0.323 e. The minimum absolute atomic E-state index is 0.236. The molecule has 0 aliphatic rings. The van der Waals surface area contributed by atoms with Gasteiger partial charge >= 0.3 is 0 Å².